The zero-order valence-electron chi connectivity index (χ0n) is 11.7. The van der Waals surface area contributed by atoms with Gasteiger partial charge in [0.1, 0.15) is 10.6 Å². The van der Waals surface area contributed by atoms with Gasteiger partial charge in [0.25, 0.3) is 0 Å². The molecule has 1 heterocycles. The number of thiophene rings is 1. The van der Waals surface area contributed by atoms with E-state index in [2.05, 4.69) is 0 Å². The Morgan fingerprint density at radius 2 is 2.00 bits per heavy atom. The van der Waals surface area contributed by atoms with Gasteiger partial charge in [-0.25, -0.2) is 9.59 Å². The number of benzene rings is 1. The number of carbonyl (C=O) groups is 2. The minimum absolute atomic E-state index is 0.0372. The molecule has 0 bridgehead atoms. The Bertz CT molecular complexity index is 763. The van der Waals surface area contributed by atoms with Crippen LogP contribution in [0.1, 0.15) is 39.3 Å². The highest BCUT2D eigenvalue weighted by molar-refractivity contribution is 7.22. The second-order valence-electron chi connectivity index (χ2n) is 5.38. The third-order valence-corrected chi connectivity index (χ3v) is 5.19. The molecule has 0 radical (unpaired) electrons. The topological polar surface area (TPSA) is 110 Å². The van der Waals surface area contributed by atoms with E-state index in [4.69, 9.17) is 10.5 Å². The van der Waals surface area contributed by atoms with Gasteiger partial charge in [-0.1, -0.05) is 6.42 Å². The highest BCUT2D eigenvalue weighted by atomic mass is 32.1. The molecule has 2 aromatic rings. The van der Waals surface area contributed by atoms with Crippen LogP contribution in [0, 0.1) is 5.92 Å². The third-order valence-electron chi connectivity index (χ3n) is 3.96. The fourth-order valence-corrected chi connectivity index (χ4v) is 3.59. The van der Waals surface area contributed by atoms with Crippen molar-refractivity contribution in [1.82, 2.24) is 0 Å². The van der Waals surface area contributed by atoms with Gasteiger partial charge in [0.2, 0.25) is 0 Å². The smallest absolute Gasteiger partial charge is 0.348 e. The van der Waals surface area contributed by atoms with Crippen molar-refractivity contribution >= 4 is 39.0 Å². The average Bonchev–Trinajstić information content (AvgIpc) is 2.75. The fourth-order valence-electron chi connectivity index (χ4n) is 2.51. The van der Waals surface area contributed by atoms with E-state index in [9.17, 15) is 19.8 Å². The molecule has 4 N–H and O–H groups in total. The normalized spacial score (nSPS) is 14.7. The molecule has 1 aliphatic carbocycles. The van der Waals surface area contributed by atoms with Crippen LogP contribution in [0.4, 0.5) is 5.69 Å². The van der Waals surface area contributed by atoms with Crippen LogP contribution in [0.5, 0.6) is 5.75 Å². The number of hydrogen-bond donors (Lipinski definition) is 3. The first-order chi connectivity index (χ1) is 10.5. The maximum atomic E-state index is 11.3. The first kappa shape index (κ1) is 14.6. The summed E-state index contributed by atoms with van der Waals surface area (Å²) in [5.41, 5.74) is 6.03. The van der Waals surface area contributed by atoms with Gasteiger partial charge >= 0.3 is 11.9 Å². The molecule has 1 fully saturated rings. The number of carboxylic acid groups (broad SMARTS) is 2. The minimum Gasteiger partial charge on any atom is -0.493 e. The Balaban J connectivity index is 2.09. The molecular weight excluding hydrogens is 306 g/mol. The summed E-state index contributed by atoms with van der Waals surface area (Å²) in [7, 11) is 0. The van der Waals surface area contributed by atoms with E-state index in [1.165, 1.54) is 12.5 Å². The number of anilines is 1. The molecule has 1 aliphatic rings. The highest BCUT2D eigenvalue weighted by Gasteiger charge is 2.24. The number of nitrogen functional groups attached to an aromatic ring is 1. The summed E-state index contributed by atoms with van der Waals surface area (Å²) >= 11 is 0.870. The summed E-state index contributed by atoms with van der Waals surface area (Å²) in [5.74, 6) is -1.32. The van der Waals surface area contributed by atoms with Crippen molar-refractivity contribution in [1.29, 1.82) is 0 Å². The molecule has 0 saturated heterocycles. The lowest BCUT2D eigenvalue weighted by atomic mass is 9.86. The zero-order chi connectivity index (χ0) is 15.9. The van der Waals surface area contributed by atoms with Gasteiger partial charge in [-0.05, 0) is 30.9 Å². The number of carboxylic acids is 2. The van der Waals surface area contributed by atoms with Crippen LogP contribution < -0.4 is 10.5 Å². The standard InChI is InChI=1S/C15H15NO5S/c16-11-10-9(21-6-7-2-1-3-7)5-4-8(14(17)18)12(10)22-13(11)15(19)20/h4-5,7H,1-3,6,16H2,(H,17,18)(H,19,20). The van der Waals surface area contributed by atoms with E-state index in [0.29, 0.717) is 28.4 Å². The lowest BCUT2D eigenvalue weighted by molar-refractivity contribution is 0.0689. The van der Waals surface area contributed by atoms with Gasteiger partial charge in [-0.2, -0.15) is 0 Å². The van der Waals surface area contributed by atoms with Crippen molar-refractivity contribution in [3.8, 4) is 5.75 Å². The first-order valence-electron chi connectivity index (χ1n) is 6.93. The molecule has 0 atom stereocenters. The monoisotopic (exact) mass is 321 g/mol. The number of rotatable bonds is 5. The van der Waals surface area contributed by atoms with Gasteiger partial charge in [0.15, 0.2) is 0 Å². The first-order valence-corrected chi connectivity index (χ1v) is 7.75. The molecule has 1 saturated carbocycles. The van der Waals surface area contributed by atoms with Crippen molar-refractivity contribution in [2.45, 2.75) is 19.3 Å². The number of nitrogens with two attached hydrogens (primary N) is 1. The number of fused-ring (bicyclic) bond motifs is 1. The predicted octanol–water partition coefficient (Wildman–Crippen LogP) is 3.06. The van der Waals surface area contributed by atoms with Crippen molar-refractivity contribution in [3.63, 3.8) is 0 Å². The number of aromatic carboxylic acids is 2. The molecule has 0 aliphatic heterocycles. The summed E-state index contributed by atoms with van der Waals surface area (Å²) in [6, 6.07) is 2.99. The molecule has 0 unspecified atom stereocenters. The zero-order valence-corrected chi connectivity index (χ0v) is 12.5. The average molecular weight is 321 g/mol. The largest absolute Gasteiger partial charge is 0.493 e. The van der Waals surface area contributed by atoms with Gasteiger partial charge in [-0.15, -0.1) is 11.3 Å². The van der Waals surface area contributed by atoms with E-state index in [0.717, 1.165) is 24.2 Å². The number of hydrogen-bond acceptors (Lipinski definition) is 5. The summed E-state index contributed by atoms with van der Waals surface area (Å²) in [6.07, 6.45) is 3.44. The van der Waals surface area contributed by atoms with E-state index >= 15 is 0 Å². The van der Waals surface area contributed by atoms with Crippen LogP contribution in [0.3, 0.4) is 0 Å². The Kier molecular flexibility index (Phi) is 3.66. The Labute approximate surface area is 130 Å². The van der Waals surface area contributed by atoms with E-state index in [1.807, 2.05) is 0 Å². The lowest BCUT2D eigenvalue weighted by Gasteiger charge is -2.25. The molecule has 0 spiro atoms. The summed E-state index contributed by atoms with van der Waals surface area (Å²) in [5, 5.41) is 18.8. The molecule has 1 aromatic carbocycles. The van der Waals surface area contributed by atoms with Crippen LogP contribution in [0.2, 0.25) is 0 Å². The second-order valence-corrected chi connectivity index (χ2v) is 6.40. The fraction of sp³-hybridized carbons (Fsp3) is 0.333. The van der Waals surface area contributed by atoms with E-state index in [1.54, 1.807) is 6.07 Å². The second kappa shape index (κ2) is 5.49. The molecule has 3 rings (SSSR count). The predicted molar refractivity (Wildman–Crippen MR) is 83.0 cm³/mol. The summed E-state index contributed by atoms with van der Waals surface area (Å²) in [6.45, 7) is 0.541. The molecule has 1 aromatic heterocycles. The number of ether oxygens (including phenoxy) is 1. The minimum atomic E-state index is -1.17. The van der Waals surface area contributed by atoms with Crippen LogP contribution in [-0.2, 0) is 0 Å². The van der Waals surface area contributed by atoms with E-state index < -0.39 is 11.9 Å². The van der Waals surface area contributed by atoms with Crippen LogP contribution in [0.15, 0.2) is 12.1 Å². The van der Waals surface area contributed by atoms with Crippen LogP contribution in [0.25, 0.3) is 10.1 Å². The van der Waals surface area contributed by atoms with Crippen LogP contribution in [-0.4, -0.2) is 28.8 Å². The van der Waals surface area contributed by atoms with Crippen molar-refractivity contribution < 1.29 is 24.5 Å². The molecule has 22 heavy (non-hydrogen) atoms. The Morgan fingerprint density at radius 1 is 1.27 bits per heavy atom. The Hall–Kier alpha value is -2.28. The highest BCUT2D eigenvalue weighted by Crippen LogP contribution is 2.42. The maximum Gasteiger partial charge on any atom is 0.348 e. The van der Waals surface area contributed by atoms with Gasteiger partial charge < -0.3 is 20.7 Å². The van der Waals surface area contributed by atoms with Crippen molar-refractivity contribution in [3.05, 3.63) is 22.6 Å². The maximum absolute atomic E-state index is 11.3. The van der Waals surface area contributed by atoms with E-state index in [-0.39, 0.29) is 16.1 Å². The SMILES string of the molecule is Nc1c(C(=O)O)sc2c(C(=O)O)ccc(OCC3CCC3)c12. The Morgan fingerprint density at radius 3 is 2.55 bits per heavy atom. The van der Waals surface area contributed by atoms with Gasteiger partial charge in [-0.3, -0.25) is 0 Å². The molecule has 0 amide bonds. The summed E-state index contributed by atoms with van der Waals surface area (Å²) in [4.78, 5) is 22.5. The van der Waals surface area contributed by atoms with Crippen molar-refractivity contribution in [2.75, 3.05) is 12.3 Å². The molecule has 7 heteroatoms. The molecule has 6 nitrogen and oxygen atoms in total. The lowest BCUT2D eigenvalue weighted by Crippen LogP contribution is -2.19. The van der Waals surface area contributed by atoms with Gasteiger partial charge in [0, 0.05) is 0 Å². The van der Waals surface area contributed by atoms with Gasteiger partial charge in [0.05, 0.1) is 27.9 Å². The summed E-state index contributed by atoms with van der Waals surface area (Å²) < 4.78 is 6.11. The van der Waals surface area contributed by atoms with Crippen LogP contribution >= 0.6 is 11.3 Å². The van der Waals surface area contributed by atoms with Crippen molar-refractivity contribution in [2.24, 2.45) is 5.92 Å². The quantitative estimate of drug-likeness (QED) is 0.780. The third kappa shape index (κ3) is 2.37. The molecular formula is C15H15NO5S. The molecule has 116 valence electrons.